The zero-order valence-corrected chi connectivity index (χ0v) is 18.7. The van der Waals surface area contributed by atoms with Crippen LogP contribution < -0.4 is 10.6 Å². The van der Waals surface area contributed by atoms with Gasteiger partial charge in [-0.2, -0.15) is 0 Å². The van der Waals surface area contributed by atoms with Gasteiger partial charge in [-0.15, -0.1) is 11.3 Å². The minimum absolute atomic E-state index is 0.00967. The monoisotopic (exact) mass is 436 g/mol. The quantitative estimate of drug-likeness (QED) is 0.613. The van der Waals surface area contributed by atoms with Crippen LogP contribution in [0.4, 0.5) is 11.4 Å². The number of thiophene rings is 1. The lowest BCUT2D eigenvalue weighted by Crippen LogP contribution is -2.52. The summed E-state index contributed by atoms with van der Waals surface area (Å²) in [5, 5.41) is 9.33. The van der Waals surface area contributed by atoms with E-state index in [9.17, 15) is 9.59 Å². The largest absolute Gasteiger partial charge is 0.326 e. The number of carbonyl (C=O) groups excluding carboxylic acids is 2. The summed E-state index contributed by atoms with van der Waals surface area (Å²) in [5.74, 6) is -0.124. The molecule has 4 rings (SSSR count). The summed E-state index contributed by atoms with van der Waals surface area (Å²) in [6, 6.07) is 15.6. The molecule has 0 bridgehead atoms. The van der Waals surface area contributed by atoms with E-state index in [-0.39, 0.29) is 17.9 Å². The van der Waals surface area contributed by atoms with Gasteiger partial charge in [-0.25, -0.2) is 0 Å². The Kier molecular flexibility index (Phi) is 6.65. The summed E-state index contributed by atoms with van der Waals surface area (Å²) >= 11 is 1.81. The molecule has 162 valence electrons. The molecule has 2 heterocycles. The second-order valence-electron chi connectivity index (χ2n) is 7.99. The second kappa shape index (κ2) is 9.60. The second-order valence-corrected chi connectivity index (χ2v) is 8.90. The summed E-state index contributed by atoms with van der Waals surface area (Å²) in [6.07, 6.45) is 0. The Labute approximate surface area is 186 Å². The van der Waals surface area contributed by atoms with Crippen LogP contribution in [0.2, 0.25) is 0 Å². The molecular formula is C24H28N4O2S. The first kappa shape index (κ1) is 21.5. The molecule has 2 N–H and O–H groups in total. The third-order valence-corrected chi connectivity index (χ3v) is 6.77. The van der Waals surface area contributed by atoms with Crippen molar-refractivity contribution in [2.45, 2.75) is 26.4 Å². The van der Waals surface area contributed by atoms with Crippen molar-refractivity contribution in [2.24, 2.45) is 0 Å². The molecule has 0 radical (unpaired) electrons. The molecule has 1 atom stereocenters. The Bertz CT molecular complexity index is 1050. The molecule has 1 saturated heterocycles. The number of piperazine rings is 1. The van der Waals surface area contributed by atoms with E-state index >= 15 is 0 Å². The number of benzene rings is 2. The van der Waals surface area contributed by atoms with E-state index in [1.54, 1.807) is 35.6 Å². The Balaban J connectivity index is 1.28. The van der Waals surface area contributed by atoms with Crippen LogP contribution in [0.5, 0.6) is 0 Å². The average molecular weight is 437 g/mol. The zero-order chi connectivity index (χ0) is 21.8. The lowest BCUT2D eigenvalue weighted by Gasteiger charge is -2.37. The van der Waals surface area contributed by atoms with Crippen LogP contribution in [-0.2, 0) is 16.1 Å². The predicted octanol–water partition coefficient (Wildman–Crippen LogP) is 4.00. The molecule has 2 aromatic carbocycles. The van der Waals surface area contributed by atoms with Crippen LogP contribution in [0.1, 0.15) is 19.4 Å². The van der Waals surface area contributed by atoms with Crippen LogP contribution in [0.3, 0.4) is 0 Å². The van der Waals surface area contributed by atoms with E-state index in [0.717, 1.165) is 38.4 Å². The van der Waals surface area contributed by atoms with Crippen molar-refractivity contribution in [2.75, 3.05) is 36.8 Å². The van der Waals surface area contributed by atoms with Crippen molar-refractivity contribution in [1.82, 2.24) is 9.80 Å². The first-order chi connectivity index (χ1) is 15.0. The highest BCUT2D eigenvalue weighted by atomic mass is 32.1. The lowest BCUT2D eigenvalue weighted by atomic mass is 10.1. The molecular weight excluding hydrogens is 408 g/mol. The maximum Gasteiger partial charge on any atom is 0.241 e. The molecule has 0 aliphatic carbocycles. The molecule has 31 heavy (non-hydrogen) atoms. The topological polar surface area (TPSA) is 64.7 Å². The molecule has 6 nitrogen and oxygen atoms in total. The third kappa shape index (κ3) is 5.31. The zero-order valence-electron chi connectivity index (χ0n) is 17.9. The number of nitrogens with zero attached hydrogens (tertiary/aromatic N) is 2. The summed E-state index contributed by atoms with van der Waals surface area (Å²) in [6.45, 7) is 8.04. The SMILES string of the molecule is CC(=O)Nc1ccc(NC(=O)[C@@H](C)N2CCN(Cc3csc4ccccc34)CC2)cc1. The van der Waals surface area contributed by atoms with E-state index < -0.39 is 0 Å². The fourth-order valence-corrected chi connectivity index (χ4v) is 4.91. The average Bonchev–Trinajstić information content (AvgIpc) is 3.17. The Hall–Kier alpha value is -2.74. The van der Waals surface area contributed by atoms with Crippen molar-refractivity contribution in [3.05, 3.63) is 59.5 Å². The highest BCUT2D eigenvalue weighted by molar-refractivity contribution is 7.17. The number of amides is 2. The van der Waals surface area contributed by atoms with Crippen LogP contribution in [0.15, 0.2) is 53.9 Å². The lowest BCUT2D eigenvalue weighted by molar-refractivity contribution is -0.121. The summed E-state index contributed by atoms with van der Waals surface area (Å²) in [5.41, 5.74) is 2.84. The van der Waals surface area contributed by atoms with Crippen molar-refractivity contribution >= 4 is 44.6 Å². The van der Waals surface area contributed by atoms with Gasteiger partial charge in [0, 0.05) is 55.7 Å². The van der Waals surface area contributed by atoms with Gasteiger partial charge < -0.3 is 10.6 Å². The standard InChI is InChI=1S/C24H28N4O2S/c1-17(24(30)26-21-9-7-20(8-10-21)25-18(2)29)28-13-11-27(12-14-28)15-19-16-31-23-6-4-3-5-22(19)23/h3-10,16-17H,11-15H2,1-2H3,(H,25,29)(H,26,30)/t17-/m1/s1. The van der Waals surface area contributed by atoms with E-state index in [0.29, 0.717) is 5.69 Å². The fourth-order valence-electron chi connectivity index (χ4n) is 3.96. The molecule has 0 spiro atoms. The molecule has 2 amide bonds. The summed E-state index contributed by atoms with van der Waals surface area (Å²) < 4.78 is 1.34. The number of hydrogen-bond donors (Lipinski definition) is 2. The number of fused-ring (bicyclic) bond motifs is 1. The van der Waals surface area contributed by atoms with Crippen LogP contribution in [0.25, 0.3) is 10.1 Å². The van der Waals surface area contributed by atoms with Crippen molar-refractivity contribution < 1.29 is 9.59 Å². The van der Waals surface area contributed by atoms with E-state index in [1.165, 1.54) is 22.6 Å². The van der Waals surface area contributed by atoms with Gasteiger partial charge in [0.15, 0.2) is 0 Å². The Morgan fingerprint density at radius 2 is 1.61 bits per heavy atom. The maximum absolute atomic E-state index is 12.7. The molecule has 1 aliphatic rings. The van der Waals surface area contributed by atoms with Crippen LogP contribution in [0, 0.1) is 0 Å². The Morgan fingerprint density at radius 3 is 2.29 bits per heavy atom. The highest BCUT2D eigenvalue weighted by Gasteiger charge is 2.26. The van der Waals surface area contributed by atoms with E-state index in [1.807, 2.05) is 6.92 Å². The number of carbonyl (C=O) groups is 2. The number of rotatable bonds is 6. The fraction of sp³-hybridized carbons (Fsp3) is 0.333. The van der Waals surface area contributed by atoms with E-state index in [4.69, 9.17) is 0 Å². The highest BCUT2D eigenvalue weighted by Crippen LogP contribution is 2.27. The van der Waals surface area contributed by atoms with Gasteiger partial charge in [0.1, 0.15) is 0 Å². The van der Waals surface area contributed by atoms with Crippen molar-refractivity contribution in [3.8, 4) is 0 Å². The minimum atomic E-state index is -0.195. The molecule has 3 aromatic rings. The molecule has 1 fully saturated rings. The van der Waals surface area contributed by atoms with Gasteiger partial charge in [0.25, 0.3) is 0 Å². The van der Waals surface area contributed by atoms with Gasteiger partial charge in [0.05, 0.1) is 6.04 Å². The van der Waals surface area contributed by atoms with Gasteiger partial charge in [-0.1, -0.05) is 18.2 Å². The van der Waals surface area contributed by atoms with Gasteiger partial charge in [-0.3, -0.25) is 19.4 Å². The predicted molar refractivity (Wildman–Crippen MR) is 128 cm³/mol. The first-order valence-corrected chi connectivity index (χ1v) is 11.5. The number of anilines is 2. The minimum Gasteiger partial charge on any atom is -0.326 e. The van der Waals surface area contributed by atoms with Crippen LogP contribution >= 0.6 is 11.3 Å². The van der Waals surface area contributed by atoms with Crippen LogP contribution in [-0.4, -0.2) is 53.8 Å². The van der Waals surface area contributed by atoms with Gasteiger partial charge >= 0.3 is 0 Å². The normalized spacial score (nSPS) is 16.2. The molecule has 1 aliphatic heterocycles. The smallest absolute Gasteiger partial charge is 0.241 e. The number of nitrogens with one attached hydrogen (secondary N) is 2. The molecule has 1 aromatic heterocycles. The Morgan fingerprint density at radius 1 is 0.968 bits per heavy atom. The summed E-state index contributed by atoms with van der Waals surface area (Å²) in [4.78, 5) is 28.6. The van der Waals surface area contributed by atoms with Gasteiger partial charge in [0.2, 0.25) is 11.8 Å². The number of hydrogen-bond acceptors (Lipinski definition) is 5. The molecule has 7 heteroatoms. The van der Waals surface area contributed by atoms with Crippen molar-refractivity contribution in [1.29, 1.82) is 0 Å². The van der Waals surface area contributed by atoms with E-state index in [2.05, 4.69) is 50.1 Å². The molecule has 0 unspecified atom stereocenters. The maximum atomic E-state index is 12.7. The molecule has 0 saturated carbocycles. The third-order valence-electron chi connectivity index (χ3n) is 5.76. The van der Waals surface area contributed by atoms with Crippen molar-refractivity contribution in [3.63, 3.8) is 0 Å². The summed E-state index contributed by atoms with van der Waals surface area (Å²) in [7, 11) is 0. The van der Waals surface area contributed by atoms with Gasteiger partial charge in [-0.05, 0) is 53.6 Å². The first-order valence-electron chi connectivity index (χ1n) is 10.6.